The molecule has 1 saturated heterocycles. The van der Waals surface area contributed by atoms with Crippen molar-refractivity contribution in [1.82, 2.24) is 24.4 Å². The monoisotopic (exact) mass is 493 g/mol. The van der Waals surface area contributed by atoms with Crippen LogP contribution in [0.4, 0.5) is 11.6 Å². The zero-order valence-corrected chi connectivity index (χ0v) is 20.1. The number of hydrogen-bond donors (Lipinski definition) is 2. The van der Waals surface area contributed by atoms with Gasteiger partial charge in [0.1, 0.15) is 34.7 Å². The Kier molecular flexibility index (Phi) is 4.34. The molecule has 3 fully saturated rings. The van der Waals surface area contributed by atoms with Crippen molar-refractivity contribution in [2.75, 3.05) is 11.1 Å². The number of nitrogen functional groups attached to an aromatic ring is 1. The zero-order valence-electron chi connectivity index (χ0n) is 20.1. The summed E-state index contributed by atoms with van der Waals surface area (Å²) in [5.41, 5.74) is 8.27. The fourth-order valence-electron chi connectivity index (χ4n) is 6.76. The number of likely N-dealkylation sites (tertiary alicyclic amines) is 1. The first-order valence-corrected chi connectivity index (χ1v) is 12.2. The number of rotatable bonds is 4. The Morgan fingerprint density at radius 2 is 2.00 bits per heavy atom. The van der Waals surface area contributed by atoms with Gasteiger partial charge in [-0.2, -0.15) is 0 Å². The number of hydrogen-bond acceptors (Lipinski definition) is 7. The first-order chi connectivity index (χ1) is 18.0. The molecule has 3 unspecified atom stereocenters. The van der Waals surface area contributed by atoms with E-state index < -0.39 is 5.54 Å². The summed E-state index contributed by atoms with van der Waals surface area (Å²) in [7, 11) is 0. The van der Waals surface area contributed by atoms with E-state index >= 15 is 0 Å². The molecule has 1 aromatic carbocycles. The predicted molar refractivity (Wildman–Crippen MR) is 134 cm³/mol. The molecule has 1 spiro atoms. The SMILES string of the molecule is CC#CC(=O)N1C2(c3nc(-c4ccc(C(=O)Nc5ccon5)cc4)c4c(N)nccn34)CCC3CCC312. The van der Waals surface area contributed by atoms with Gasteiger partial charge in [0.05, 0.1) is 5.54 Å². The molecule has 3 aromatic heterocycles. The molecule has 2 saturated carbocycles. The summed E-state index contributed by atoms with van der Waals surface area (Å²) in [6, 6.07) is 8.69. The molecule has 3 aliphatic rings. The van der Waals surface area contributed by atoms with Gasteiger partial charge in [0.2, 0.25) is 0 Å². The van der Waals surface area contributed by atoms with Crippen LogP contribution in [0.3, 0.4) is 0 Å². The van der Waals surface area contributed by atoms with Crippen LogP contribution in [0.5, 0.6) is 0 Å². The lowest BCUT2D eigenvalue weighted by Crippen LogP contribution is -2.39. The summed E-state index contributed by atoms with van der Waals surface area (Å²) >= 11 is 0. The summed E-state index contributed by atoms with van der Waals surface area (Å²) in [5.74, 6) is 7.03. The molecule has 2 amide bonds. The number of nitrogens with two attached hydrogens (primary N) is 1. The lowest BCUT2D eigenvalue weighted by molar-refractivity contribution is -0.124. The number of carbonyl (C=O) groups is 2. The van der Waals surface area contributed by atoms with Gasteiger partial charge in [0, 0.05) is 29.6 Å². The van der Waals surface area contributed by atoms with Gasteiger partial charge in [-0.05, 0) is 56.6 Å². The second kappa shape index (κ2) is 7.43. The fourth-order valence-corrected chi connectivity index (χ4v) is 6.76. The van der Waals surface area contributed by atoms with Crippen LogP contribution < -0.4 is 11.1 Å². The van der Waals surface area contributed by atoms with Crippen LogP contribution in [0.25, 0.3) is 16.8 Å². The molecule has 10 heteroatoms. The van der Waals surface area contributed by atoms with Gasteiger partial charge < -0.3 is 20.5 Å². The summed E-state index contributed by atoms with van der Waals surface area (Å²) in [4.78, 5) is 37.1. The Morgan fingerprint density at radius 1 is 1.19 bits per heavy atom. The molecule has 1 aliphatic heterocycles. The Labute approximate surface area is 211 Å². The number of nitrogens with one attached hydrogen (secondary N) is 1. The van der Waals surface area contributed by atoms with Gasteiger partial charge >= 0.3 is 0 Å². The minimum absolute atomic E-state index is 0.144. The van der Waals surface area contributed by atoms with Crippen LogP contribution in [-0.2, 0) is 10.3 Å². The van der Waals surface area contributed by atoms with Crippen molar-refractivity contribution in [2.24, 2.45) is 5.92 Å². The number of fused-ring (bicyclic) bond motifs is 1. The lowest BCUT2D eigenvalue weighted by Gasteiger charge is -2.34. The number of piperidine rings is 1. The maximum Gasteiger partial charge on any atom is 0.299 e. The smallest absolute Gasteiger partial charge is 0.299 e. The van der Waals surface area contributed by atoms with Crippen LogP contribution in [0.2, 0.25) is 0 Å². The largest absolute Gasteiger partial charge is 0.382 e. The summed E-state index contributed by atoms with van der Waals surface area (Å²) < 4.78 is 6.75. The van der Waals surface area contributed by atoms with E-state index in [2.05, 4.69) is 27.3 Å². The average Bonchev–Trinajstić information content (AvgIpc) is 3.22. The highest BCUT2D eigenvalue weighted by molar-refractivity contribution is 6.04. The predicted octanol–water partition coefficient (Wildman–Crippen LogP) is 3.22. The number of imidazole rings is 1. The number of carbonyl (C=O) groups excluding carboxylic acids is 2. The van der Waals surface area contributed by atoms with Crippen molar-refractivity contribution in [3.05, 3.63) is 60.4 Å². The first kappa shape index (κ1) is 21.6. The molecule has 3 N–H and O–H groups in total. The van der Waals surface area contributed by atoms with Crippen LogP contribution in [0, 0.1) is 17.8 Å². The minimum atomic E-state index is -0.497. The van der Waals surface area contributed by atoms with Gasteiger partial charge in [0.15, 0.2) is 5.82 Å². The third kappa shape index (κ3) is 2.68. The quantitative estimate of drug-likeness (QED) is 0.330. The second-order valence-corrected chi connectivity index (χ2v) is 9.81. The van der Waals surface area contributed by atoms with Crippen LogP contribution in [-0.4, -0.2) is 41.8 Å². The van der Waals surface area contributed by atoms with Crippen LogP contribution >= 0.6 is 0 Å². The third-order valence-electron chi connectivity index (χ3n) is 8.34. The van der Waals surface area contributed by atoms with Crippen molar-refractivity contribution < 1.29 is 14.1 Å². The number of benzene rings is 1. The highest BCUT2D eigenvalue weighted by Crippen LogP contribution is 2.77. The molecule has 2 aliphatic carbocycles. The van der Waals surface area contributed by atoms with E-state index in [9.17, 15) is 9.59 Å². The third-order valence-corrected chi connectivity index (χ3v) is 8.34. The van der Waals surface area contributed by atoms with E-state index in [-0.39, 0.29) is 17.4 Å². The van der Waals surface area contributed by atoms with Gasteiger partial charge in [-0.15, -0.1) is 0 Å². The highest BCUT2D eigenvalue weighted by Gasteiger charge is 2.87. The molecule has 0 bridgehead atoms. The van der Waals surface area contributed by atoms with Crippen molar-refractivity contribution in [2.45, 2.75) is 43.7 Å². The van der Waals surface area contributed by atoms with Crippen molar-refractivity contribution in [3.8, 4) is 23.1 Å². The lowest BCUT2D eigenvalue weighted by atomic mass is 9.71. The molecular formula is C27H23N7O3. The van der Waals surface area contributed by atoms with Crippen LogP contribution in [0.1, 0.15) is 48.8 Å². The fraction of sp³-hybridized carbons (Fsp3) is 0.296. The average molecular weight is 494 g/mol. The Balaban J connectivity index is 1.32. The Hall–Kier alpha value is -4.65. The van der Waals surface area contributed by atoms with Crippen LogP contribution in [0.15, 0.2) is 53.5 Å². The molecule has 10 nitrogen and oxygen atoms in total. The Bertz CT molecular complexity index is 1650. The normalized spacial score (nSPS) is 25.0. The summed E-state index contributed by atoms with van der Waals surface area (Å²) in [5, 5.41) is 6.40. The highest BCUT2D eigenvalue weighted by atomic mass is 16.5. The van der Waals surface area contributed by atoms with E-state index in [1.165, 1.54) is 6.26 Å². The molecule has 3 atom stereocenters. The number of anilines is 2. The van der Waals surface area contributed by atoms with Gasteiger partial charge in [-0.1, -0.05) is 23.2 Å². The maximum atomic E-state index is 13.1. The number of aromatic nitrogens is 4. The van der Waals surface area contributed by atoms with E-state index in [1.54, 1.807) is 31.3 Å². The van der Waals surface area contributed by atoms with E-state index in [0.717, 1.165) is 37.1 Å². The Morgan fingerprint density at radius 3 is 2.70 bits per heavy atom. The summed E-state index contributed by atoms with van der Waals surface area (Å²) in [6.45, 7) is 1.69. The molecule has 184 valence electrons. The van der Waals surface area contributed by atoms with Crippen molar-refractivity contribution in [3.63, 3.8) is 0 Å². The molecule has 4 heterocycles. The molecule has 7 rings (SSSR count). The first-order valence-electron chi connectivity index (χ1n) is 12.2. The number of amides is 2. The number of nitrogens with zero attached hydrogens (tertiary/aromatic N) is 5. The maximum absolute atomic E-state index is 13.1. The van der Waals surface area contributed by atoms with Gasteiger partial charge in [-0.3, -0.25) is 14.0 Å². The standard InChI is InChI=1S/C27H23N7O3/c1-2-3-20(35)34-26-11-8-18(26)9-12-27(26,34)25-31-21(22-23(28)29-13-14-33(22)25)16-4-6-17(7-5-16)24(36)30-19-10-15-37-32-19/h4-7,10,13-15,18H,8-9,11-12H2,1H3,(H2,28,29)(H,30,32,36). The van der Waals surface area contributed by atoms with E-state index in [0.29, 0.717) is 34.3 Å². The van der Waals surface area contributed by atoms with Gasteiger partial charge in [0.25, 0.3) is 11.8 Å². The topological polar surface area (TPSA) is 131 Å². The summed E-state index contributed by atoms with van der Waals surface area (Å²) in [6.07, 6.45) is 8.88. The van der Waals surface area contributed by atoms with E-state index in [1.807, 2.05) is 27.6 Å². The molecular weight excluding hydrogens is 470 g/mol. The molecule has 0 radical (unpaired) electrons. The zero-order chi connectivity index (χ0) is 25.4. The van der Waals surface area contributed by atoms with Gasteiger partial charge in [-0.25, -0.2) is 9.97 Å². The molecule has 37 heavy (non-hydrogen) atoms. The van der Waals surface area contributed by atoms with Crippen molar-refractivity contribution >= 4 is 29.0 Å². The minimum Gasteiger partial charge on any atom is -0.382 e. The molecule has 4 aromatic rings. The second-order valence-electron chi connectivity index (χ2n) is 9.81. The van der Waals surface area contributed by atoms with E-state index in [4.69, 9.17) is 15.2 Å². The van der Waals surface area contributed by atoms with Crippen molar-refractivity contribution in [1.29, 1.82) is 0 Å².